The molecule has 1 aromatic heterocycles. The van der Waals surface area contributed by atoms with Gasteiger partial charge in [-0.15, -0.1) is 0 Å². The monoisotopic (exact) mass is 232 g/mol. The largest absolute Gasteiger partial charge is 0.331 e. The Bertz CT molecular complexity index is 571. The van der Waals surface area contributed by atoms with Crippen LogP contribution in [0.1, 0.15) is 5.82 Å². The van der Waals surface area contributed by atoms with E-state index in [4.69, 9.17) is 0 Å². The van der Waals surface area contributed by atoms with Crippen LogP contribution in [-0.2, 0) is 7.05 Å². The van der Waals surface area contributed by atoms with E-state index in [9.17, 15) is 4.79 Å². The average molecular weight is 232 g/mol. The van der Waals surface area contributed by atoms with Gasteiger partial charge in [0.1, 0.15) is 5.82 Å². The normalized spacial score (nSPS) is 10.6. The molecule has 2 aromatic rings. The molecular formula is C12H16N4O. The van der Waals surface area contributed by atoms with Gasteiger partial charge in [0.2, 0.25) is 0 Å². The summed E-state index contributed by atoms with van der Waals surface area (Å²) < 4.78 is 2.02. The summed E-state index contributed by atoms with van der Waals surface area (Å²) in [6.45, 7) is 1.96. The van der Waals surface area contributed by atoms with Crippen LogP contribution in [0.4, 0.5) is 10.5 Å². The van der Waals surface area contributed by atoms with E-state index in [1.54, 1.807) is 14.1 Å². The van der Waals surface area contributed by atoms with Crippen molar-refractivity contribution in [1.82, 2.24) is 14.5 Å². The topological polar surface area (TPSA) is 50.2 Å². The molecule has 0 bridgehead atoms. The van der Waals surface area contributed by atoms with Crippen LogP contribution in [0.3, 0.4) is 0 Å². The standard InChI is InChI=1S/C12H16N4O/c1-8-13-10-7-9(14-12(17)15(2)3)5-6-11(10)16(8)4/h5-7H,1-4H3,(H,14,17). The Kier molecular flexibility index (Phi) is 2.75. The fourth-order valence-electron chi connectivity index (χ4n) is 1.63. The van der Waals surface area contributed by atoms with Gasteiger partial charge in [0, 0.05) is 26.8 Å². The fourth-order valence-corrected chi connectivity index (χ4v) is 1.63. The maximum atomic E-state index is 11.5. The fraction of sp³-hybridized carbons (Fsp3) is 0.333. The average Bonchev–Trinajstić information content (AvgIpc) is 2.54. The SMILES string of the molecule is Cc1nc2cc(NC(=O)N(C)C)ccc2n1C. The van der Waals surface area contributed by atoms with Crippen molar-refractivity contribution in [2.45, 2.75) is 6.92 Å². The summed E-state index contributed by atoms with van der Waals surface area (Å²) in [5.74, 6) is 0.955. The third-order valence-corrected chi connectivity index (χ3v) is 2.76. The maximum Gasteiger partial charge on any atom is 0.321 e. The molecule has 0 saturated heterocycles. The molecule has 0 radical (unpaired) electrons. The molecule has 5 heteroatoms. The van der Waals surface area contributed by atoms with E-state index in [1.165, 1.54) is 4.90 Å². The zero-order chi connectivity index (χ0) is 12.6. The quantitative estimate of drug-likeness (QED) is 0.817. The molecule has 0 unspecified atom stereocenters. The number of amides is 2. The zero-order valence-electron chi connectivity index (χ0n) is 10.5. The molecule has 0 fully saturated rings. The van der Waals surface area contributed by atoms with Gasteiger partial charge in [0.05, 0.1) is 11.0 Å². The van der Waals surface area contributed by atoms with Crippen LogP contribution in [0, 0.1) is 6.92 Å². The van der Waals surface area contributed by atoms with Gasteiger partial charge >= 0.3 is 6.03 Å². The third-order valence-electron chi connectivity index (χ3n) is 2.76. The van der Waals surface area contributed by atoms with Crippen LogP contribution < -0.4 is 5.32 Å². The number of nitrogens with one attached hydrogen (secondary N) is 1. The molecule has 5 nitrogen and oxygen atoms in total. The number of benzene rings is 1. The van der Waals surface area contributed by atoms with E-state index in [0.717, 1.165) is 22.5 Å². The van der Waals surface area contributed by atoms with Crippen molar-refractivity contribution in [1.29, 1.82) is 0 Å². The van der Waals surface area contributed by atoms with Crippen molar-refractivity contribution in [3.8, 4) is 0 Å². The maximum absolute atomic E-state index is 11.5. The van der Waals surface area contributed by atoms with Gasteiger partial charge in [-0.3, -0.25) is 0 Å². The van der Waals surface area contributed by atoms with Crippen LogP contribution >= 0.6 is 0 Å². The molecule has 1 heterocycles. The number of hydrogen-bond acceptors (Lipinski definition) is 2. The summed E-state index contributed by atoms with van der Waals surface area (Å²) in [6, 6.07) is 5.58. The first-order valence-electron chi connectivity index (χ1n) is 5.40. The number of anilines is 1. The van der Waals surface area contributed by atoms with Crippen molar-refractivity contribution in [3.05, 3.63) is 24.0 Å². The molecule has 90 valence electrons. The van der Waals surface area contributed by atoms with Gasteiger partial charge in [0.25, 0.3) is 0 Å². The predicted octanol–water partition coefficient (Wildman–Crippen LogP) is 1.98. The lowest BCUT2D eigenvalue weighted by molar-refractivity contribution is 0.230. The highest BCUT2D eigenvalue weighted by molar-refractivity contribution is 5.91. The minimum absolute atomic E-state index is 0.142. The van der Waals surface area contributed by atoms with Crippen LogP contribution in [0.2, 0.25) is 0 Å². The number of aromatic nitrogens is 2. The van der Waals surface area contributed by atoms with E-state index in [2.05, 4.69) is 10.3 Å². The highest BCUT2D eigenvalue weighted by Crippen LogP contribution is 2.19. The van der Waals surface area contributed by atoms with Crippen molar-refractivity contribution in [2.75, 3.05) is 19.4 Å². The lowest BCUT2D eigenvalue weighted by atomic mass is 10.3. The second-order valence-electron chi connectivity index (χ2n) is 4.25. The number of carbonyl (C=O) groups excluding carboxylic acids is 1. The van der Waals surface area contributed by atoms with Gasteiger partial charge in [-0.1, -0.05) is 0 Å². The Balaban J connectivity index is 2.35. The molecule has 17 heavy (non-hydrogen) atoms. The van der Waals surface area contributed by atoms with Gasteiger partial charge in [-0.25, -0.2) is 9.78 Å². The minimum Gasteiger partial charge on any atom is -0.331 e. The molecule has 0 aliphatic heterocycles. The molecule has 0 aliphatic rings. The summed E-state index contributed by atoms with van der Waals surface area (Å²) in [4.78, 5) is 17.4. The molecule has 0 spiro atoms. The van der Waals surface area contributed by atoms with E-state index in [-0.39, 0.29) is 6.03 Å². The summed E-state index contributed by atoms with van der Waals surface area (Å²) in [5, 5.41) is 2.80. The molecule has 0 atom stereocenters. The van der Waals surface area contributed by atoms with Crippen molar-refractivity contribution in [3.63, 3.8) is 0 Å². The number of imidazole rings is 1. The number of nitrogens with zero attached hydrogens (tertiary/aromatic N) is 3. The van der Waals surface area contributed by atoms with E-state index >= 15 is 0 Å². The Morgan fingerprint density at radius 3 is 2.76 bits per heavy atom. The van der Waals surface area contributed by atoms with Gasteiger partial charge in [0.15, 0.2) is 0 Å². The first-order valence-corrected chi connectivity index (χ1v) is 5.40. The second-order valence-corrected chi connectivity index (χ2v) is 4.25. The summed E-state index contributed by atoms with van der Waals surface area (Å²) in [5.41, 5.74) is 2.71. The first-order chi connectivity index (χ1) is 7.99. The van der Waals surface area contributed by atoms with E-state index in [1.807, 2.05) is 36.7 Å². The van der Waals surface area contributed by atoms with E-state index in [0.29, 0.717) is 0 Å². The Morgan fingerprint density at radius 1 is 1.41 bits per heavy atom. The number of rotatable bonds is 1. The molecular weight excluding hydrogens is 216 g/mol. The number of carbonyl (C=O) groups is 1. The highest BCUT2D eigenvalue weighted by Gasteiger charge is 2.07. The number of aryl methyl sites for hydroxylation is 2. The smallest absolute Gasteiger partial charge is 0.321 e. The predicted molar refractivity (Wildman–Crippen MR) is 68.2 cm³/mol. The van der Waals surface area contributed by atoms with Gasteiger partial charge < -0.3 is 14.8 Å². The van der Waals surface area contributed by atoms with Crippen molar-refractivity contribution < 1.29 is 4.79 Å². The highest BCUT2D eigenvalue weighted by atomic mass is 16.2. The van der Waals surface area contributed by atoms with Crippen molar-refractivity contribution in [2.24, 2.45) is 7.05 Å². The summed E-state index contributed by atoms with van der Waals surface area (Å²) in [7, 11) is 5.39. The molecule has 2 rings (SSSR count). The third kappa shape index (κ3) is 2.08. The lowest BCUT2D eigenvalue weighted by Crippen LogP contribution is -2.27. The zero-order valence-corrected chi connectivity index (χ0v) is 10.5. The van der Waals surface area contributed by atoms with Crippen LogP contribution in [0.15, 0.2) is 18.2 Å². The minimum atomic E-state index is -0.142. The van der Waals surface area contributed by atoms with E-state index < -0.39 is 0 Å². The Hall–Kier alpha value is -2.04. The van der Waals surface area contributed by atoms with Gasteiger partial charge in [-0.2, -0.15) is 0 Å². The number of urea groups is 1. The molecule has 0 saturated carbocycles. The first kappa shape index (κ1) is 11.4. The number of fused-ring (bicyclic) bond motifs is 1. The second kappa shape index (κ2) is 4.08. The van der Waals surface area contributed by atoms with Crippen molar-refractivity contribution >= 4 is 22.8 Å². The molecule has 0 aliphatic carbocycles. The Morgan fingerprint density at radius 2 is 2.12 bits per heavy atom. The molecule has 2 amide bonds. The summed E-state index contributed by atoms with van der Waals surface area (Å²) >= 11 is 0. The van der Waals surface area contributed by atoms with Gasteiger partial charge in [-0.05, 0) is 25.1 Å². The summed E-state index contributed by atoms with van der Waals surface area (Å²) in [6.07, 6.45) is 0. The molecule has 1 N–H and O–H groups in total. The van der Waals surface area contributed by atoms with Crippen LogP contribution in [0.5, 0.6) is 0 Å². The Labute approximate surface area is 100 Å². The lowest BCUT2D eigenvalue weighted by Gasteiger charge is -2.11. The molecule has 1 aromatic carbocycles. The number of hydrogen-bond donors (Lipinski definition) is 1. The van der Waals surface area contributed by atoms with Crippen LogP contribution in [0.25, 0.3) is 11.0 Å². The van der Waals surface area contributed by atoms with Crippen LogP contribution in [-0.4, -0.2) is 34.6 Å².